The highest BCUT2D eigenvalue weighted by Crippen LogP contribution is 2.23. The molecular formula is C14H22ClNO. The molecular weight excluding hydrogens is 234 g/mol. The molecule has 0 saturated heterocycles. The van der Waals surface area contributed by atoms with Crippen molar-refractivity contribution in [3.63, 3.8) is 0 Å². The van der Waals surface area contributed by atoms with E-state index in [1.54, 1.807) is 0 Å². The van der Waals surface area contributed by atoms with Crippen molar-refractivity contribution in [1.29, 1.82) is 0 Å². The van der Waals surface area contributed by atoms with E-state index in [1.165, 1.54) is 0 Å². The van der Waals surface area contributed by atoms with Crippen LogP contribution in [0.3, 0.4) is 0 Å². The van der Waals surface area contributed by atoms with Crippen LogP contribution in [-0.2, 0) is 0 Å². The molecule has 2 N–H and O–H groups in total. The standard InChI is InChI=1S/C14H22ClNO/c1-10(2)8-12(9-17)16-11(3)13-6-4-5-7-14(13)15/h4-7,10-12,16-17H,8-9H2,1-3H3. The van der Waals surface area contributed by atoms with E-state index in [-0.39, 0.29) is 18.7 Å². The van der Waals surface area contributed by atoms with E-state index in [0.717, 1.165) is 17.0 Å². The first-order chi connectivity index (χ1) is 8.04. The maximum atomic E-state index is 9.34. The number of hydrogen-bond acceptors (Lipinski definition) is 2. The second kappa shape index (κ2) is 7.00. The van der Waals surface area contributed by atoms with E-state index in [2.05, 4.69) is 26.1 Å². The van der Waals surface area contributed by atoms with Gasteiger partial charge in [-0.1, -0.05) is 43.6 Å². The van der Waals surface area contributed by atoms with Gasteiger partial charge in [0, 0.05) is 17.1 Å². The summed E-state index contributed by atoms with van der Waals surface area (Å²) in [5.41, 5.74) is 1.08. The Morgan fingerprint density at radius 2 is 1.88 bits per heavy atom. The SMILES string of the molecule is CC(C)CC(CO)NC(C)c1ccccc1Cl. The molecule has 0 saturated carbocycles. The van der Waals surface area contributed by atoms with Gasteiger partial charge in [-0.3, -0.25) is 0 Å². The molecule has 3 heteroatoms. The maximum absolute atomic E-state index is 9.34. The molecule has 17 heavy (non-hydrogen) atoms. The average Bonchev–Trinajstić information content (AvgIpc) is 2.27. The van der Waals surface area contributed by atoms with Crippen molar-refractivity contribution in [2.75, 3.05) is 6.61 Å². The maximum Gasteiger partial charge on any atom is 0.0584 e. The van der Waals surface area contributed by atoms with Gasteiger partial charge in [-0.2, -0.15) is 0 Å². The fourth-order valence-electron chi connectivity index (χ4n) is 2.03. The predicted molar refractivity (Wildman–Crippen MR) is 73.3 cm³/mol. The van der Waals surface area contributed by atoms with Crippen molar-refractivity contribution in [2.24, 2.45) is 5.92 Å². The number of aliphatic hydroxyl groups excluding tert-OH is 1. The third-order valence-corrected chi connectivity index (χ3v) is 3.18. The Labute approximate surface area is 109 Å². The Bertz CT molecular complexity index is 341. The summed E-state index contributed by atoms with van der Waals surface area (Å²) in [6.07, 6.45) is 0.964. The first-order valence-electron chi connectivity index (χ1n) is 6.16. The number of benzene rings is 1. The molecule has 0 aliphatic carbocycles. The minimum Gasteiger partial charge on any atom is -0.395 e. The first kappa shape index (κ1) is 14.5. The minimum atomic E-state index is 0.126. The molecule has 2 unspecified atom stereocenters. The smallest absolute Gasteiger partial charge is 0.0584 e. The van der Waals surface area contributed by atoms with Crippen molar-refractivity contribution in [3.05, 3.63) is 34.9 Å². The van der Waals surface area contributed by atoms with Crippen LogP contribution in [0.5, 0.6) is 0 Å². The molecule has 2 nitrogen and oxygen atoms in total. The fourth-order valence-corrected chi connectivity index (χ4v) is 2.33. The summed E-state index contributed by atoms with van der Waals surface area (Å²) in [5, 5.41) is 13.5. The third-order valence-electron chi connectivity index (χ3n) is 2.83. The normalized spacial score (nSPS) is 14.9. The quantitative estimate of drug-likeness (QED) is 0.817. The van der Waals surface area contributed by atoms with Gasteiger partial charge in [-0.25, -0.2) is 0 Å². The summed E-state index contributed by atoms with van der Waals surface area (Å²) in [6.45, 7) is 6.55. The van der Waals surface area contributed by atoms with E-state index < -0.39 is 0 Å². The molecule has 1 aromatic carbocycles. The van der Waals surface area contributed by atoms with Gasteiger partial charge in [0.25, 0.3) is 0 Å². The monoisotopic (exact) mass is 255 g/mol. The van der Waals surface area contributed by atoms with Crippen LogP contribution >= 0.6 is 11.6 Å². The van der Waals surface area contributed by atoms with Crippen LogP contribution in [0.1, 0.15) is 38.8 Å². The molecule has 0 aromatic heterocycles. The molecule has 96 valence electrons. The Morgan fingerprint density at radius 3 is 2.41 bits per heavy atom. The molecule has 2 atom stereocenters. The lowest BCUT2D eigenvalue weighted by molar-refractivity contribution is 0.215. The van der Waals surface area contributed by atoms with Crippen LogP contribution in [-0.4, -0.2) is 17.8 Å². The molecule has 1 rings (SSSR count). The Kier molecular flexibility index (Phi) is 5.96. The molecule has 0 aliphatic rings. The molecule has 0 amide bonds. The number of hydrogen-bond donors (Lipinski definition) is 2. The average molecular weight is 256 g/mol. The van der Waals surface area contributed by atoms with Gasteiger partial charge in [0.15, 0.2) is 0 Å². The van der Waals surface area contributed by atoms with Crippen molar-refractivity contribution in [3.8, 4) is 0 Å². The van der Waals surface area contributed by atoms with Crippen molar-refractivity contribution >= 4 is 11.6 Å². The first-order valence-corrected chi connectivity index (χ1v) is 6.53. The van der Waals surface area contributed by atoms with Crippen LogP contribution < -0.4 is 5.32 Å². The highest BCUT2D eigenvalue weighted by atomic mass is 35.5. The highest BCUT2D eigenvalue weighted by Gasteiger charge is 2.15. The summed E-state index contributed by atoms with van der Waals surface area (Å²) in [7, 11) is 0. The largest absolute Gasteiger partial charge is 0.395 e. The zero-order valence-corrected chi connectivity index (χ0v) is 11.5. The second-order valence-corrected chi connectivity index (χ2v) is 5.33. The zero-order valence-electron chi connectivity index (χ0n) is 10.8. The van der Waals surface area contributed by atoms with E-state index >= 15 is 0 Å². The van der Waals surface area contributed by atoms with E-state index in [1.807, 2.05) is 24.3 Å². The lowest BCUT2D eigenvalue weighted by atomic mass is 10.0. The van der Waals surface area contributed by atoms with Crippen LogP contribution in [0.15, 0.2) is 24.3 Å². The molecule has 0 heterocycles. The Morgan fingerprint density at radius 1 is 1.24 bits per heavy atom. The van der Waals surface area contributed by atoms with Gasteiger partial charge in [0.05, 0.1) is 6.61 Å². The second-order valence-electron chi connectivity index (χ2n) is 4.92. The predicted octanol–water partition coefficient (Wildman–Crippen LogP) is 3.40. The topological polar surface area (TPSA) is 32.3 Å². The lowest BCUT2D eigenvalue weighted by Gasteiger charge is -2.24. The lowest BCUT2D eigenvalue weighted by Crippen LogP contribution is -2.35. The van der Waals surface area contributed by atoms with Crippen LogP contribution in [0.2, 0.25) is 5.02 Å². The number of nitrogens with one attached hydrogen (secondary N) is 1. The van der Waals surface area contributed by atoms with Gasteiger partial charge in [0.2, 0.25) is 0 Å². The molecule has 0 bridgehead atoms. The van der Waals surface area contributed by atoms with Crippen molar-refractivity contribution < 1.29 is 5.11 Å². The summed E-state index contributed by atoms with van der Waals surface area (Å²) in [6, 6.07) is 8.10. The third kappa shape index (κ3) is 4.66. The number of aliphatic hydroxyl groups is 1. The van der Waals surface area contributed by atoms with E-state index in [0.29, 0.717) is 5.92 Å². The fraction of sp³-hybridized carbons (Fsp3) is 0.571. The molecule has 0 fully saturated rings. The van der Waals surface area contributed by atoms with Crippen molar-refractivity contribution in [2.45, 2.75) is 39.3 Å². The van der Waals surface area contributed by atoms with Gasteiger partial charge in [-0.05, 0) is 30.9 Å². The van der Waals surface area contributed by atoms with Crippen LogP contribution in [0, 0.1) is 5.92 Å². The summed E-state index contributed by atoms with van der Waals surface area (Å²) >= 11 is 6.15. The minimum absolute atomic E-state index is 0.126. The van der Waals surface area contributed by atoms with Crippen LogP contribution in [0.4, 0.5) is 0 Å². The number of halogens is 1. The molecule has 0 radical (unpaired) electrons. The highest BCUT2D eigenvalue weighted by molar-refractivity contribution is 6.31. The molecule has 0 aliphatic heterocycles. The summed E-state index contributed by atoms with van der Waals surface area (Å²) < 4.78 is 0. The van der Waals surface area contributed by atoms with Crippen molar-refractivity contribution in [1.82, 2.24) is 5.32 Å². The van der Waals surface area contributed by atoms with E-state index in [9.17, 15) is 5.11 Å². The summed E-state index contributed by atoms with van der Waals surface area (Å²) in [5.74, 6) is 0.568. The van der Waals surface area contributed by atoms with Gasteiger partial charge >= 0.3 is 0 Å². The van der Waals surface area contributed by atoms with Crippen LogP contribution in [0.25, 0.3) is 0 Å². The van der Waals surface area contributed by atoms with Gasteiger partial charge in [-0.15, -0.1) is 0 Å². The van der Waals surface area contributed by atoms with Gasteiger partial charge in [0.1, 0.15) is 0 Å². The zero-order chi connectivity index (χ0) is 12.8. The summed E-state index contributed by atoms with van der Waals surface area (Å²) in [4.78, 5) is 0. The Balaban J connectivity index is 2.64. The van der Waals surface area contributed by atoms with Gasteiger partial charge < -0.3 is 10.4 Å². The van der Waals surface area contributed by atoms with E-state index in [4.69, 9.17) is 11.6 Å². The molecule has 1 aromatic rings. The number of rotatable bonds is 6. The Hall–Kier alpha value is -0.570. The molecule has 0 spiro atoms.